The van der Waals surface area contributed by atoms with E-state index in [-0.39, 0.29) is 24.0 Å². The van der Waals surface area contributed by atoms with Crippen LogP contribution < -0.4 is 5.32 Å². The molecule has 4 nitrogen and oxygen atoms in total. The zero-order valence-corrected chi connectivity index (χ0v) is 16.3. The van der Waals surface area contributed by atoms with Crippen LogP contribution in [0.2, 0.25) is 0 Å². The molecule has 2 fully saturated rings. The van der Waals surface area contributed by atoms with Crippen LogP contribution in [0.15, 0.2) is 23.2 Å². The third-order valence-electron chi connectivity index (χ3n) is 4.75. The number of rotatable bonds is 3. The molecule has 3 rings (SSSR count). The van der Waals surface area contributed by atoms with Crippen LogP contribution in [-0.4, -0.2) is 40.9 Å². The minimum Gasteiger partial charge on any atom is -0.342 e. The molecule has 2 aliphatic rings. The zero-order chi connectivity index (χ0) is 17.8. The lowest BCUT2D eigenvalue weighted by Crippen LogP contribution is -2.40. The Hall–Kier alpha value is -1.34. The number of likely N-dealkylation sites (N-methyl/N-ethyl adjacent to an activating group) is 1. The first kappa shape index (κ1) is 21.0. The Kier molecular flexibility index (Phi) is 7.70. The highest BCUT2D eigenvalue weighted by molar-refractivity contribution is 8.14. The van der Waals surface area contributed by atoms with E-state index in [1.807, 2.05) is 11.9 Å². The van der Waals surface area contributed by atoms with E-state index in [2.05, 4.69) is 5.32 Å². The SMILES string of the molecule is CN1C(=NC2CCCCCC2)SCC1C(=O)Nc1cc(F)ccc1F.Cl. The number of benzene rings is 1. The van der Waals surface area contributed by atoms with Crippen molar-refractivity contribution in [2.24, 2.45) is 4.99 Å². The number of nitrogens with one attached hydrogen (secondary N) is 1. The summed E-state index contributed by atoms with van der Waals surface area (Å²) in [4.78, 5) is 19.2. The maximum Gasteiger partial charge on any atom is 0.248 e. The Morgan fingerprint density at radius 3 is 2.62 bits per heavy atom. The van der Waals surface area contributed by atoms with E-state index in [4.69, 9.17) is 4.99 Å². The van der Waals surface area contributed by atoms with Gasteiger partial charge in [-0.15, -0.1) is 12.4 Å². The molecular formula is C18H24ClF2N3OS. The first-order valence-electron chi connectivity index (χ1n) is 8.74. The van der Waals surface area contributed by atoms with Crippen LogP contribution in [0.25, 0.3) is 0 Å². The summed E-state index contributed by atoms with van der Waals surface area (Å²) in [6.07, 6.45) is 7.16. The number of carbonyl (C=O) groups excluding carboxylic acids is 1. The number of hydrogen-bond donors (Lipinski definition) is 1. The number of aliphatic imine (C=N–C) groups is 1. The molecule has 1 saturated carbocycles. The third-order valence-corrected chi connectivity index (χ3v) is 5.88. The van der Waals surface area contributed by atoms with Gasteiger partial charge in [-0.05, 0) is 25.0 Å². The van der Waals surface area contributed by atoms with Crippen LogP contribution in [0.3, 0.4) is 0 Å². The van der Waals surface area contributed by atoms with Crippen molar-refractivity contribution in [3.63, 3.8) is 0 Å². The van der Waals surface area contributed by atoms with Crippen molar-refractivity contribution in [1.82, 2.24) is 4.90 Å². The molecule has 1 aromatic carbocycles. The molecule has 8 heteroatoms. The summed E-state index contributed by atoms with van der Waals surface area (Å²) in [5, 5.41) is 3.36. The van der Waals surface area contributed by atoms with Gasteiger partial charge in [0.2, 0.25) is 5.91 Å². The smallest absolute Gasteiger partial charge is 0.248 e. The van der Waals surface area contributed by atoms with Gasteiger partial charge in [0.05, 0.1) is 11.7 Å². The van der Waals surface area contributed by atoms with E-state index in [0.29, 0.717) is 11.8 Å². The van der Waals surface area contributed by atoms with Crippen LogP contribution >= 0.6 is 24.2 Å². The molecule has 1 N–H and O–H groups in total. The molecule has 1 heterocycles. The van der Waals surface area contributed by atoms with Crippen molar-refractivity contribution >= 4 is 40.9 Å². The second-order valence-electron chi connectivity index (χ2n) is 6.61. The third kappa shape index (κ3) is 5.10. The van der Waals surface area contributed by atoms with Gasteiger partial charge in [-0.25, -0.2) is 8.78 Å². The molecule has 1 aliphatic carbocycles. The van der Waals surface area contributed by atoms with Crippen LogP contribution in [-0.2, 0) is 4.79 Å². The van der Waals surface area contributed by atoms with E-state index in [0.717, 1.165) is 36.2 Å². The molecule has 1 saturated heterocycles. The van der Waals surface area contributed by atoms with Crippen molar-refractivity contribution in [1.29, 1.82) is 0 Å². The lowest BCUT2D eigenvalue weighted by atomic mass is 10.1. The van der Waals surface area contributed by atoms with E-state index >= 15 is 0 Å². The average Bonchev–Trinajstić information content (AvgIpc) is 2.78. The fourth-order valence-electron chi connectivity index (χ4n) is 3.23. The minimum absolute atomic E-state index is 0. The highest BCUT2D eigenvalue weighted by atomic mass is 35.5. The molecular weight excluding hydrogens is 380 g/mol. The summed E-state index contributed by atoms with van der Waals surface area (Å²) in [7, 11) is 1.84. The fraction of sp³-hybridized carbons (Fsp3) is 0.556. The number of thioether (sulfide) groups is 1. The van der Waals surface area contributed by atoms with Gasteiger partial charge in [0.1, 0.15) is 17.7 Å². The molecule has 1 unspecified atom stereocenters. The maximum absolute atomic E-state index is 13.7. The van der Waals surface area contributed by atoms with Crippen molar-refractivity contribution in [3.05, 3.63) is 29.8 Å². The Labute approximate surface area is 163 Å². The lowest BCUT2D eigenvalue weighted by molar-refractivity contribution is -0.118. The molecule has 1 atom stereocenters. The number of halogens is 3. The molecule has 1 amide bonds. The van der Waals surface area contributed by atoms with Gasteiger partial charge in [0, 0.05) is 18.9 Å². The van der Waals surface area contributed by atoms with Crippen LogP contribution in [0.4, 0.5) is 14.5 Å². The van der Waals surface area contributed by atoms with Gasteiger partial charge in [0.15, 0.2) is 5.17 Å². The van der Waals surface area contributed by atoms with Crippen molar-refractivity contribution in [2.45, 2.75) is 50.6 Å². The molecule has 0 bridgehead atoms. The Morgan fingerprint density at radius 1 is 1.23 bits per heavy atom. The fourth-order valence-corrected chi connectivity index (χ4v) is 4.47. The van der Waals surface area contributed by atoms with Crippen LogP contribution in [0.1, 0.15) is 38.5 Å². The summed E-state index contributed by atoms with van der Waals surface area (Å²) < 4.78 is 27.0. The summed E-state index contributed by atoms with van der Waals surface area (Å²) in [6.45, 7) is 0. The van der Waals surface area contributed by atoms with Crippen molar-refractivity contribution in [2.75, 3.05) is 18.1 Å². The highest BCUT2D eigenvalue weighted by Gasteiger charge is 2.33. The van der Waals surface area contributed by atoms with Crippen LogP contribution in [0.5, 0.6) is 0 Å². The lowest BCUT2D eigenvalue weighted by Gasteiger charge is -2.21. The molecule has 1 aliphatic heterocycles. The van der Waals surface area contributed by atoms with Gasteiger partial charge in [-0.3, -0.25) is 9.79 Å². The largest absolute Gasteiger partial charge is 0.342 e. The number of nitrogens with zero attached hydrogens (tertiary/aromatic N) is 2. The van der Waals surface area contributed by atoms with Gasteiger partial charge in [-0.1, -0.05) is 37.4 Å². The quantitative estimate of drug-likeness (QED) is 0.758. The van der Waals surface area contributed by atoms with E-state index < -0.39 is 17.7 Å². The normalized spacial score (nSPS) is 22.8. The Morgan fingerprint density at radius 2 is 1.92 bits per heavy atom. The highest BCUT2D eigenvalue weighted by Crippen LogP contribution is 2.27. The number of amidine groups is 1. The molecule has 144 valence electrons. The topological polar surface area (TPSA) is 44.7 Å². The number of hydrogen-bond acceptors (Lipinski definition) is 3. The van der Waals surface area contributed by atoms with Gasteiger partial charge >= 0.3 is 0 Å². The predicted octanol–water partition coefficient (Wildman–Crippen LogP) is 4.45. The van der Waals surface area contributed by atoms with E-state index in [9.17, 15) is 13.6 Å². The monoisotopic (exact) mass is 403 g/mol. The summed E-state index contributed by atoms with van der Waals surface area (Å²) in [5.41, 5.74) is -0.127. The molecule has 0 spiro atoms. The first-order valence-corrected chi connectivity index (χ1v) is 9.72. The average molecular weight is 404 g/mol. The number of anilines is 1. The van der Waals surface area contributed by atoms with E-state index in [1.54, 1.807) is 11.8 Å². The zero-order valence-electron chi connectivity index (χ0n) is 14.7. The van der Waals surface area contributed by atoms with Gasteiger partial charge in [0.25, 0.3) is 0 Å². The van der Waals surface area contributed by atoms with Crippen LogP contribution in [0, 0.1) is 11.6 Å². The van der Waals surface area contributed by atoms with Crippen molar-refractivity contribution in [3.8, 4) is 0 Å². The summed E-state index contributed by atoms with van der Waals surface area (Å²) >= 11 is 1.55. The van der Waals surface area contributed by atoms with Gasteiger partial charge in [-0.2, -0.15) is 0 Å². The Balaban J connectivity index is 0.00000243. The standard InChI is InChI=1S/C18H23F2N3OS.ClH/c1-23-16(17(24)22-15-10-12(19)8-9-14(15)20)11-25-18(23)21-13-6-4-2-3-5-7-13;/h8-10,13,16H,2-7,11H2,1H3,(H,22,24);1H. The molecule has 26 heavy (non-hydrogen) atoms. The maximum atomic E-state index is 13.7. The second kappa shape index (κ2) is 9.55. The molecule has 0 aromatic heterocycles. The molecule has 0 radical (unpaired) electrons. The van der Waals surface area contributed by atoms with Crippen molar-refractivity contribution < 1.29 is 13.6 Å². The summed E-state index contributed by atoms with van der Waals surface area (Å²) in [6, 6.07) is 2.93. The van der Waals surface area contributed by atoms with E-state index in [1.165, 1.54) is 25.7 Å². The number of carbonyl (C=O) groups is 1. The molecule has 1 aromatic rings. The first-order chi connectivity index (χ1) is 12.0. The van der Waals surface area contributed by atoms with Gasteiger partial charge < -0.3 is 10.2 Å². The number of amides is 1. The predicted molar refractivity (Wildman–Crippen MR) is 105 cm³/mol. The minimum atomic E-state index is -0.643. The Bertz CT molecular complexity index is 666. The summed E-state index contributed by atoms with van der Waals surface area (Å²) in [5.74, 6) is -1.01. The second-order valence-corrected chi connectivity index (χ2v) is 7.60.